The van der Waals surface area contributed by atoms with Gasteiger partial charge in [-0.25, -0.2) is 0 Å². The zero-order valence-corrected chi connectivity index (χ0v) is 20.4. The van der Waals surface area contributed by atoms with Gasteiger partial charge in [-0.1, -0.05) is 63.3 Å². The summed E-state index contributed by atoms with van der Waals surface area (Å²) >= 11 is 4.39. The second kappa shape index (κ2) is 20.3. The van der Waals surface area contributed by atoms with Crippen LogP contribution in [0.25, 0.3) is 0 Å². The van der Waals surface area contributed by atoms with E-state index in [-0.39, 0.29) is 19.2 Å². The van der Waals surface area contributed by atoms with Crippen LogP contribution in [-0.4, -0.2) is 42.2 Å². The number of carbonyl (C=O) groups is 1. The summed E-state index contributed by atoms with van der Waals surface area (Å²) in [6.45, 7) is -1.61. The number of hydrogen-bond donors (Lipinski definition) is 2. The second-order valence-corrected chi connectivity index (χ2v) is 10.0. The van der Waals surface area contributed by atoms with Crippen molar-refractivity contribution >= 4 is 24.5 Å². The normalized spacial score (nSPS) is 13.3. The van der Waals surface area contributed by atoms with Gasteiger partial charge in [-0.3, -0.25) is 4.79 Å². The van der Waals surface area contributed by atoms with Crippen LogP contribution in [0.5, 0.6) is 0 Å². The average Bonchev–Trinajstić information content (AvgIpc) is 2.68. The molecule has 0 saturated carbocycles. The van der Waals surface area contributed by atoms with Gasteiger partial charge < -0.3 is 23.8 Å². The fraction of sp³-hybridized carbons (Fsp3) is 0.773. The lowest BCUT2D eigenvalue weighted by Crippen LogP contribution is -2.27. The molecule has 0 bridgehead atoms. The van der Waals surface area contributed by atoms with Crippen molar-refractivity contribution in [3.05, 3.63) is 24.3 Å². The summed E-state index contributed by atoms with van der Waals surface area (Å²) in [5, 5.41) is 0. The minimum atomic E-state index is -3.76. The molecule has 176 valence electrons. The number of methoxy groups -OCH3 is 1. The van der Waals surface area contributed by atoms with Crippen molar-refractivity contribution in [3.8, 4) is 0 Å². The minimum Gasteiger partial charge on any atom is -0.457 e. The Kier molecular flexibility index (Phi) is 20.0. The maximum atomic E-state index is 11.9. The van der Waals surface area contributed by atoms with Crippen molar-refractivity contribution in [2.75, 3.05) is 20.3 Å². The van der Waals surface area contributed by atoms with Crippen LogP contribution < -0.4 is 0 Å². The highest BCUT2D eigenvalue weighted by Crippen LogP contribution is 2.36. The first-order chi connectivity index (χ1) is 14.4. The monoisotopic (exact) mass is 464 g/mol. The third-order valence-corrected chi connectivity index (χ3v) is 5.21. The summed E-state index contributed by atoms with van der Waals surface area (Å²) in [4.78, 5) is 30.1. The van der Waals surface area contributed by atoms with Crippen LogP contribution in [0.15, 0.2) is 24.3 Å². The smallest absolute Gasteiger partial charge is 0.322 e. The fourth-order valence-electron chi connectivity index (χ4n) is 2.81. The molecule has 8 heteroatoms. The molecular weight excluding hydrogens is 423 g/mol. The van der Waals surface area contributed by atoms with Crippen LogP contribution in [0.3, 0.4) is 0 Å². The van der Waals surface area contributed by atoms with Crippen LogP contribution in [0.1, 0.15) is 84.0 Å². The first-order valence-corrected chi connectivity index (χ1v) is 13.7. The van der Waals surface area contributed by atoms with E-state index in [4.69, 9.17) is 23.8 Å². The number of carbonyl (C=O) groups excluding carboxylic acids is 1. The van der Waals surface area contributed by atoms with E-state index < -0.39 is 12.8 Å². The van der Waals surface area contributed by atoms with Gasteiger partial charge in [0.25, 0.3) is 0 Å². The Labute approximate surface area is 187 Å². The van der Waals surface area contributed by atoms with Gasteiger partial charge in [-0.15, -0.1) is 0 Å². The van der Waals surface area contributed by atoms with Gasteiger partial charge >= 0.3 is 12.7 Å². The Morgan fingerprint density at radius 2 is 1.53 bits per heavy atom. The topological polar surface area (TPSA) is 85.2 Å². The average molecular weight is 465 g/mol. The van der Waals surface area contributed by atoms with Gasteiger partial charge in [0.05, 0.1) is 13.2 Å². The molecule has 0 heterocycles. The van der Waals surface area contributed by atoms with E-state index in [1.807, 2.05) is 0 Å². The summed E-state index contributed by atoms with van der Waals surface area (Å²) in [5.74, 6) is -0.337. The zero-order valence-electron chi connectivity index (χ0n) is 18.7. The van der Waals surface area contributed by atoms with E-state index in [9.17, 15) is 4.79 Å². The van der Waals surface area contributed by atoms with Gasteiger partial charge in [0.2, 0.25) is 0 Å². The molecule has 2 N–H and O–H groups in total. The van der Waals surface area contributed by atoms with Crippen molar-refractivity contribution < 1.29 is 28.6 Å². The molecule has 0 fully saturated rings. The van der Waals surface area contributed by atoms with E-state index >= 15 is 0 Å². The van der Waals surface area contributed by atoms with Crippen molar-refractivity contribution in [1.29, 1.82) is 0 Å². The Morgan fingerprint density at radius 1 is 0.933 bits per heavy atom. The Balaban J connectivity index is 3.65. The third-order valence-electron chi connectivity index (χ3n) is 4.41. The molecule has 0 rings (SSSR count). The summed E-state index contributed by atoms with van der Waals surface area (Å²) < 4.78 is 14.9. The van der Waals surface area contributed by atoms with Gasteiger partial charge in [0.1, 0.15) is 6.10 Å². The van der Waals surface area contributed by atoms with E-state index in [1.165, 1.54) is 39.2 Å². The Morgan fingerprint density at radius 3 is 2.13 bits per heavy atom. The van der Waals surface area contributed by atoms with Gasteiger partial charge in [-0.05, 0) is 50.3 Å². The van der Waals surface area contributed by atoms with Crippen LogP contribution in [-0.2, 0) is 30.6 Å². The highest BCUT2D eigenvalue weighted by molar-refractivity contribution is 8.06. The summed E-state index contributed by atoms with van der Waals surface area (Å²) in [6.07, 6.45) is 21.0. The maximum Gasteiger partial charge on any atom is 0.322 e. The zero-order chi connectivity index (χ0) is 22.5. The number of unbranched alkanes of at least 4 members (excludes halogenated alkanes) is 8. The van der Waals surface area contributed by atoms with Gasteiger partial charge in [0.15, 0.2) is 0 Å². The SMILES string of the molecule is CCCCC/C=C\C/C=C\CCCCCCCC(=O)OC(COC)COP(O)(O)=S. The minimum absolute atomic E-state index is 0.114. The molecule has 0 aromatic carbocycles. The molecule has 6 nitrogen and oxygen atoms in total. The quantitative estimate of drug-likeness (QED) is 0.105. The first kappa shape index (κ1) is 29.4. The molecule has 0 radical (unpaired) electrons. The molecule has 1 atom stereocenters. The summed E-state index contributed by atoms with van der Waals surface area (Å²) in [7, 11) is 1.47. The molecule has 0 aliphatic heterocycles. The molecule has 0 amide bonds. The highest BCUT2D eigenvalue weighted by atomic mass is 32.5. The van der Waals surface area contributed by atoms with Crippen LogP contribution in [0, 0.1) is 0 Å². The van der Waals surface area contributed by atoms with Gasteiger partial charge in [-0.2, -0.15) is 0 Å². The van der Waals surface area contributed by atoms with Crippen LogP contribution in [0.4, 0.5) is 0 Å². The number of ether oxygens (including phenoxy) is 2. The molecule has 0 saturated heterocycles. The molecule has 1 unspecified atom stereocenters. The summed E-state index contributed by atoms with van der Waals surface area (Å²) in [5.41, 5.74) is 0. The molecule has 0 spiro atoms. The standard InChI is InChI=1S/C22H41O6PS/c1-3-4-5-6-7-8-9-10-11-12-13-14-15-16-17-18-22(23)28-21(19-26-2)20-27-29(24,25)30/h7-8,10-11,21H,3-6,9,12-20H2,1-2H3,(H2,24,25,30)/b8-7-,11-10-. The number of esters is 1. The lowest BCUT2D eigenvalue weighted by atomic mass is 10.1. The first-order valence-electron chi connectivity index (χ1n) is 11.1. The predicted molar refractivity (Wildman–Crippen MR) is 126 cm³/mol. The maximum absolute atomic E-state index is 11.9. The number of allylic oxidation sites excluding steroid dienone is 4. The van der Waals surface area contributed by atoms with Crippen LogP contribution >= 0.6 is 6.72 Å². The lowest BCUT2D eigenvalue weighted by molar-refractivity contribution is -0.153. The molecule has 0 aromatic heterocycles. The molecule has 30 heavy (non-hydrogen) atoms. The van der Waals surface area contributed by atoms with Gasteiger partial charge in [0, 0.05) is 13.5 Å². The summed E-state index contributed by atoms with van der Waals surface area (Å²) in [6, 6.07) is 0. The van der Waals surface area contributed by atoms with E-state index in [0.717, 1.165) is 38.5 Å². The molecule has 0 aliphatic carbocycles. The molecule has 0 aromatic rings. The van der Waals surface area contributed by atoms with Crippen molar-refractivity contribution in [1.82, 2.24) is 0 Å². The molecule has 0 aliphatic rings. The number of hydrogen-bond acceptors (Lipinski definition) is 5. The Bertz CT molecular complexity index is 518. The second-order valence-electron chi connectivity index (χ2n) is 7.33. The van der Waals surface area contributed by atoms with Crippen molar-refractivity contribution in [2.45, 2.75) is 90.1 Å². The van der Waals surface area contributed by atoms with E-state index in [2.05, 4.69) is 43.0 Å². The number of rotatable bonds is 20. The largest absolute Gasteiger partial charge is 0.457 e. The van der Waals surface area contributed by atoms with E-state index in [1.54, 1.807) is 0 Å². The fourth-order valence-corrected chi connectivity index (χ4v) is 3.35. The van der Waals surface area contributed by atoms with Crippen molar-refractivity contribution in [3.63, 3.8) is 0 Å². The Hall–Kier alpha value is -0.560. The highest BCUT2D eigenvalue weighted by Gasteiger charge is 2.18. The predicted octanol–water partition coefficient (Wildman–Crippen LogP) is 5.58. The molecular formula is C22H41O6PS. The lowest BCUT2D eigenvalue weighted by Gasteiger charge is -2.18. The van der Waals surface area contributed by atoms with E-state index in [0.29, 0.717) is 6.42 Å². The van der Waals surface area contributed by atoms with Crippen LogP contribution in [0.2, 0.25) is 0 Å². The third kappa shape index (κ3) is 22.1. The van der Waals surface area contributed by atoms with Crippen molar-refractivity contribution in [2.24, 2.45) is 0 Å².